The Labute approximate surface area is 204 Å². The molecule has 8 nitrogen and oxygen atoms in total. The first-order chi connectivity index (χ1) is 15.7. The summed E-state index contributed by atoms with van der Waals surface area (Å²) in [4.78, 5) is 16.5. The predicted molar refractivity (Wildman–Crippen MR) is 121 cm³/mol. The lowest BCUT2D eigenvalue weighted by atomic mass is 9.84. The molecular formula is C20H23Cl2F3N4O4S. The van der Waals surface area contributed by atoms with E-state index in [2.05, 4.69) is 15.4 Å². The highest BCUT2D eigenvalue weighted by molar-refractivity contribution is 7.91. The number of pyridine rings is 1. The highest BCUT2D eigenvalue weighted by atomic mass is 35.5. The quantitative estimate of drug-likeness (QED) is 0.537. The molecule has 0 bridgehead atoms. The van der Waals surface area contributed by atoms with E-state index in [0.29, 0.717) is 6.07 Å². The number of sulfone groups is 1. The van der Waals surface area contributed by atoms with Crippen LogP contribution in [0.1, 0.15) is 48.7 Å². The van der Waals surface area contributed by atoms with E-state index in [1.165, 1.54) is 0 Å². The molecule has 1 fully saturated rings. The molecule has 0 radical (unpaired) electrons. The van der Waals surface area contributed by atoms with Crippen LogP contribution in [-0.2, 0) is 22.6 Å². The Bertz CT molecular complexity index is 1190. The largest absolute Gasteiger partial charge is 0.417 e. The van der Waals surface area contributed by atoms with Gasteiger partial charge in [0.15, 0.2) is 5.69 Å². The van der Waals surface area contributed by atoms with Gasteiger partial charge in [-0.1, -0.05) is 23.2 Å². The van der Waals surface area contributed by atoms with Crippen LogP contribution in [0.5, 0.6) is 0 Å². The number of aliphatic hydroxyl groups is 1. The van der Waals surface area contributed by atoms with Crippen LogP contribution in [-0.4, -0.2) is 57.8 Å². The van der Waals surface area contributed by atoms with Crippen molar-refractivity contribution in [2.75, 3.05) is 12.8 Å². The smallest absolute Gasteiger partial charge is 0.388 e. The van der Waals surface area contributed by atoms with Gasteiger partial charge >= 0.3 is 6.18 Å². The Hall–Kier alpha value is -1.89. The molecule has 0 unspecified atom stereocenters. The molecule has 1 amide bonds. The van der Waals surface area contributed by atoms with Gasteiger partial charge in [0.2, 0.25) is 0 Å². The van der Waals surface area contributed by atoms with Gasteiger partial charge in [-0.25, -0.2) is 13.4 Å². The number of hydrogen-bond donors (Lipinski definition) is 2. The Morgan fingerprint density at radius 2 is 1.94 bits per heavy atom. The maximum atomic E-state index is 13.6. The van der Waals surface area contributed by atoms with Crippen LogP contribution >= 0.6 is 23.2 Å². The lowest BCUT2D eigenvalue weighted by Gasteiger charge is -2.35. The lowest BCUT2D eigenvalue weighted by Crippen LogP contribution is -2.47. The summed E-state index contributed by atoms with van der Waals surface area (Å²) in [5, 5.41) is 16.1. The normalized spacial score (nSPS) is 21.5. The van der Waals surface area contributed by atoms with Crippen molar-refractivity contribution in [2.45, 2.75) is 56.2 Å². The number of nitrogens with zero attached hydrogens (tertiary/aromatic N) is 3. The highest BCUT2D eigenvalue weighted by Gasteiger charge is 2.39. The average Bonchev–Trinajstić information content (AvgIpc) is 3.07. The number of alkyl halides is 3. The van der Waals surface area contributed by atoms with Crippen molar-refractivity contribution in [3.8, 4) is 11.3 Å². The molecule has 2 aromatic heterocycles. The van der Waals surface area contributed by atoms with Crippen molar-refractivity contribution < 1.29 is 31.5 Å². The first kappa shape index (κ1) is 26.7. The Morgan fingerprint density at radius 1 is 1.32 bits per heavy atom. The molecule has 2 N–H and O–H groups in total. The fraction of sp³-hybridized carbons (Fsp3) is 0.550. The number of nitrogens with one attached hydrogen (secondary N) is 1. The van der Waals surface area contributed by atoms with Crippen LogP contribution in [0.25, 0.3) is 11.3 Å². The van der Waals surface area contributed by atoms with Gasteiger partial charge in [0.05, 0.1) is 27.1 Å². The minimum absolute atomic E-state index is 0.110. The standard InChI is InChI=1S/C20H23Cl2F3N4O4S/c1-3-29-17(12-9-26-14(21)8-13(12)20(23,24)25)15(22)16(28-29)18(30)27-10-19(31)6-4-11(5-7-19)34(2,32)33/h8-9,11,31H,3-7,10H2,1-2H3,(H,27,30). The van der Waals surface area contributed by atoms with Crippen LogP contribution in [0.2, 0.25) is 10.2 Å². The summed E-state index contributed by atoms with van der Waals surface area (Å²) in [5.74, 6) is -0.785. The van der Waals surface area contributed by atoms with Gasteiger partial charge in [-0.2, -0.15) is 18.3 Å². The maximum absolute atomic E-state index is 13.6. The summed E-state index contributed by atoms with van der Waals surface area (Å²) in [7, 11) is -3.23. The van der Waals surface area contributed by atoms with Crippen molar-refractivity contribution in [2.24, 2.45) is 0 Å². The van der Waals surface area contributed by atoms with E-state index in [4.69, 9.17) is 23.2 Å². The summed E-state index contributed by atoms with van der Waals surface area (Å²) in [5.41, 5.74) is -3.22. The molecule has 0 aliphatic heterocycles. The third kappa shape index (κ3) is 5.67. The topological polar surface area (TPSA) is 114 Å². The molecule has 1 aliphatic rings. The molecule has 0 spiro atoms. The van der Waals surface area contributed by atoms with Gasteiger partial charge in [0.25, 0.3) is 5.91 Å². The van der Waals surface area contributed by atoms with Gasteiger partial charge < -0.3 is 10.4 Å². The molecule has 1 saturated carbocycles. The number of hydrogen-bond acceptors (Lipinski definition) is 6. The first-order valence-electron chi connectivity index (χ1n) is 10.3. The molecule has 14 heteroatoms. The monoisotopic (exact) mass is 542 g/mol. The number of carbonyl (C=O) groups excluding carboxylic acids is 1. The number of aromatic nitrogens is 3. The molecule has 188 valence electrons. The zero-order chi connectivity index (χ0) is 25.5. The summed E-state index contributed by atoms with van der Waals surface area (Å²) < 4.78 is 65.4. The molecule has 0 aromatic carbocycles. The van der Waals surface area contributed by atoms with Crippen LogP contribution in [0, 0.1) is 0 Å². The number of amides is 1. The van der Waals surface area contributed by atoms with Crippen LogP contribution in [0.15, 0.2) is 12.3 Å². The van der Waals surface area contributed by atoms with Crippen molar-refractivity contribution in [1.82, 2.24) is 20.1 Å². The third-order valence-corrected chi connectivity index (χ3v) is 8.13. The Morgan fingerprint density at radius 3 is 2.47 bits per heavy atom. The van der Waals surface area contributed by atoms with Crippen molar-refractivity contribution in [3.63, 3.8) is 0 Å². The number of halogens is 5. The number of aryl methyl sites for hydroxylation is 1. The maximum Gasteiger partial charge on any atom is 0.417 e. The first-order valence-corrected chi connectivity index (χ1v) is 13.1. The minimum Gasteiger partial charge on any atom is -0.388 e. The summed E-state index contributed by atoms with van der Waals surface area (Å²) in [6.07, 6.45) is -1.85. The van der Waals surface area contributed by atoms with Gasteiger partial charge in [-0.05, 0) is 38.7 Å². The molecule has 1 aliphatic carbocycles. The van der Waals surface area contributed by atoms with Crippen molar-refractivity contribution >= 4 is 38.9 Å². The summed E-state index contributed by atoms with van der Waals surface area (Å²) >= 11 is 12.0. The lowest BCUT2D eigenvalue weighted by molar-refractivity contribution is -0.137. The van der Waals surface area contributed by atoms with E-state index in [1.54, 1.807) is 6.92 Å². The van der Waals surface area contributed by atoms with Gasteiger partial charge in [0.1, 0.15) is 15.0 Å². The molecule has 0 atom stereocenters. The SMILES string of the molecule is CCn1nc(C(=O)NCC2(O)CCC(S(C)(=O)=O)CC2)c(Cl)c1-c1cnc(Cl)cc1C(F)(F)F. The van der Waals surface area contributed by atoms with Crippen LogP contribution in [0.4, 0.5) is 13.2 Å². The van der Waals surface area contributed by atoms with Gasteiger partial charge in [0, 0.05) is 31.1 Å². The zero-order valence-corrected chi connectivity index (χ0v) is 20.6. The van der Waals surface area contributed by atoms with Gasteiger partial charge in [-0.15, -0.1) is 0 Å². The van der Waals surface area contributed by atoms with E-state index in [1.807, 2.05) is 0 Å². The van der Waals surface area contributed by atoms with E-state index in [9.17, 15) is 31.5 Å². The Kier molecular flexibility index (Phi) is 7.57. The Balaban J connectivity index is 1.85. The summed E-state index contributed by atoms with van der Waals surface area (Å²) in [6.45, 7) is 1.54. The highest BCUT2D eigenvalue weighted by Crippen LogP contribution is 2.41. The average molecular weight is 543 g/mol. The second kappa shape index (κ2) is 9.63. The third-order valence-electron chi connectivity index (χ3n) is 5.89. The molecule has 2 aromatic rings. The van der Waals surface area contributed by atoms with E-state index < -0.39 is 38.3 Å². The second-order valence-electron chi connectivity index (χ2n) is 8.31. The molecular weight excluding hydrogens is 520 g/mol. The fourth-order valence-electron chi connectivity index (χ4n) is 3.99. The van der Waals surface area contributed by atoms with Crippen molar-refractivity contribution in [3.05, 3.63) is 33.7 Å². The van der Waals surface area contributed by atoms with Crippen molar-refractivity contribution in [1.29, 1.82) is 0 Å². The van der Waals surface area contributed by atoms with E-state index in [-0.39, 0.29) is 65.9 Å². The van der Waals surface area contributed by atoms with Crippen LogP contribution in [0.3, 0.4) is 0 Å². The molecule has 3 rings (SSSR count). The van der Waals surface area contributed by atoms with Gasteiger partial charge in [-0.3, -0.25) is 9.48 Å². The van der Waals surface area contributed by atoms with E-state index >= 15 is 0 Å². The van der Waals surface area contributed by atoms with Crippen LogP contribution < -0.4 is 5.32 Å². The van der Waals surface area contributed by atoms with E-state index in [0.717, 1.165) is 17.1 Å². The predicted octanol–water partition coefficient (Wildman–Crippen LogP) is 3.74. The zero-order valence-electron chi connectivity index (χ0n) is 18.3. The molecule has 34 heavy (non-hydrogen) atoms. The summed E-state index contributed by atoms with van der Waals surface area (Å²) in [6, 6.07) is 0.669. The molecule has 0 saturated heterocycles. The number of rotatable bonds is 6. The second-order valence-corrected chi connectivity index (χ2v) is 11.4. The minimum atomic E-state index is -4.76. The number of carbonyl (C=O) groups is 1. The fourth-order valence-corrected chi connectivity index (χ4v) is 5.56. The molecule has 2 heterocycles.